The van der Waals surface area contributed by atoms with E-state index in [2.05, 4.69) is 20.4 Å². The lowest BCUT2D eigenvalue weighted by atomic mass is 10.1. The Balaban J connectivity index is 1.65. The molecular formula is C19H15Cl2N5O. The normalized spacial score (nSPS) is 12.3. The molecule has 0 amide bonds. The largest absolute Gasteiger partial charge is 0.386 e. The third-order valence-electron chi connectivity index (χ3n) is 4.13. The number of aromatic nitrogens is 4. The maximum absolute atomic E-state index is 10.6. The van der Waals surface area contributed by atoms with Gasteiger partial charge in [0.1, 0.15) is 12.1 Å². The van der Waals surface area contributed by atoms with Crippen molar-refractivity contribution in [2.24, 2.45) is 0 Å². The first-order valence-corrected chi connectivity index (χ1v) is 9.01. The zero-order valence-electron chi connectivity index (χ0n) is 14.0. The zero-order chi connectivity index (χ0) is 18.8. The zero-order valence-corrected chi connectivity index (χ0v) is 15.6. The molecule has 0 spiro atoms. The highest BCUT2D eigenvalue weighted by Crippen LogP contribution is 2.30. The van der Waals surface area contributed by atoms with Gasteiger partial charge in [0.25, 0.3) is 5.78 Å². The van der Waals surface area contributed by atoms with Crippen LogP contribution in [0.2, 0.25) is 10.0 Å². The number of aliphatic hydroxyl groups is 1. The Bertz CT molecular complexity index is 1060. The first-order valence-electron chi connectivity index (χ1n) is 8.25. The number of benzene rings is 2. The standard InChI is InChI=1S/C19H15Cl2N5O/c20-13-7-4-8-14(21)18(13)16(27)10-22-17-9-15(12-5-2-1-3-6-12)25-19-23-11-24-26(17)19/h1-9,11,16,22,27H,10H2. The summed E-state index contributed by atoms with van der Waals surface area (Å²) in [6, 6.07) is 16.8. The maximum atomic E-state index is 10.6. The molecule has 27 heavy (non-hydrogen) atoms. The van der Waals surface area contributed by atoms with Gasteiger partial charge < -0.3 is 10.4 Å². The van der Waals surface area contributed by atoms with Gasteiger partial charge in [0, 0.05) is 33.8 Å². The van der Waals surface area contributed by atoms with Crippen LogP contribution in [0, 0.1) is 0 Å². The van der Waals surface area contributed by atoms with Crippen molar-refractivity contribution in [3.63, 3.8) is 0 Å². The molecule has 2 aromatic carbocycles. The van der Waals surface area contributed by atoms with Gasteiger partial charge in [0.05, 0.1) is 11.8 Å². The van der Waals surface area contributed by atoms with E-state index < -0.39 is 6.10 Å². The molecule has 0 bridgehead atoms. The molecule has 0 aliphatic heterocycles. The summed E-state index contributed by atoms with van der Waals surface area (Å²) in [7, 11) is 0. The smallest absolute Gasteiger partial charge is 0.254 e. The van der Waals surface area contributed by atoms with E-state index in [4.69, 9.17) is 23.2 Å². The molecule has 4 aromatic rings. The lowest BCUT2D eigenvalue weighted by Crippen LogP contribution is -2.15. The molecule has 0 radical (unpaired) electrons. The number of hydrogen-bond donors (Lipinski definition) is 2. The molecule has 136 valence electrons. The minimum Gasteiger partial charge on any atom is -0.386 e. The van der Waals surface area contributed by atoms with Gasteiger partial charge in [-0.2, -0.15) is 14.6 Å². The number of rotatable bonds is 5. The lowest BCUT2D eigenvalue weighted by molar-refractivity contribution is 0.191. The van der Waals surface area contributed by atoms with Gasteiger partial charge in [-0.25, -0.2) is 4.98 Å². The van der Waals surface area contributed by atoms with Crippen molar-refractivity contribution in [2.45, 2.75) is 6.10 Å². The summed E-state index contributed by atoms with van der Waals surface area (Å²) in [4.78, 5) is 8.70. The van der Waals surface area contributed by atoms with E-state index in [-0.39, 0.29) is 6.54 Å². The summed E-state index contributed by atoms with van der Waals surface area (Å²) in [5.41, 5.74) is 2.20. The number of anilines is 1. The number of halogens is 2. The van der Waals surface area contributed by atoms with Crippen molar-refractivity contribution < 1.29 is 5.11 Å². The topological polar surface area (TPSA) is 75.3 Å². The number of nitrogens with zero attached hydrogens (tertiary/aromatic N) is 4. The van der Waals surface area contributed by atoms with E-state index in [1.165, 1.54) is 6.33 Å². The Morgan fingerprint density at radius 1 is 1.04 bits per heavy atom. The molecule has 8 heteroatoms. The second kappa shape index (κ2) is 7.52. The molecule has 1 atom stereocenters. The van der Waals surface area contributed by atoms with E-state index in [1.54, 1.807) is 22.7 Å². The fraction of sp³-hybridized carbons (Fsp3) is 0.105. The molecule has 2 N–H and O–H groups in total. The third kappa shape index (κ3) is 3.60. The van der Waals surface area contributed by atoms with E-state index in [0.29, 0.717) is 27.2 Å². The van der Waals surface area contributed by atoms with Crippen LogP contribution in [-0.4, -0.2) is 31.2 Å². The number of nitrogens with one attached hydrogen (secondary N) is 1. The van der Waals surface area contributed by atoms with Crippen LogP contribution in [0.15, 0.2) is 60.9 Å². The van der Waals surface area contributed by atoms with Crippen LogP contribution in [0.1, 0.15) is 11.7 Å². The number of fused-ring (bicyclic) bond motifs is 1. The molecule has 1 unspecified atom stereocenters. The van der Waals surface area contributed by atoms with Gasteiger partial charge in [0.2, 0.25) is 0 Å². The van der Waals surface area contributed by atoms with Crippen molar-refractivity contribution in [3.05, 3.63) is 76.5 Å². The summed E-state index contributed by atoms with van der Waals surface area (Å²) in [5.74, 6) is 1.11. The van der Waals surface area contributed by atoms with Crippen LogP contribution in [0.5, 0.6) is 0 Å². The van der Waals surface area contributed by atoms with Crippen molar-refractivity contribution in [2.75, 3.05) is 11.9 Å². The fourth-order valence-electron chi connectivity index (χ4n) is 2.83. The first-order chi connectivity index (χ1) is 13.1. The van der Waals surface area contributed by atoms with Crippen molar-refractivity contribution in [1.29, 1.82) is 0 Å². The predicted octanol–water partition coefficient (Wildman–Crippen LogP) is 4.24. The Hall–Kier alpha value is -2.67. The highest BCUT2D eigenvalue weighted by molar-refractivity contribution is 6.36. The second-order valence-corrected chi connectivity index (χ2v) is 6.71. The number of hydrogen-bond acceptors (Lipinski definition) is 5. The summed E-state index contributed by atoms with van der Waals surface area (Å²) in [6.07, 6.45) is 0.544. The molecule has 2 heterocycles. The average molecular weight is 400 g/mol. The quantitative estimate of drug-likeness (QED) is 0.524. The van der Waals surface area contributed by atoms with Gasteiger partial charge in [-0.05, 0) is 12.1 Å². The minimum absolute atomic E-state index is 0.191. The highest BCUT2D eigenvalue weighted by Gasteiger charge is 2.16. The minimum atomic E-state index is -0.891. The molecule has 0 aliphatic carbocycles. The second-order valence-electron chi connectivity index (χ2n) is 5.90. The van der Waals surface area contributed by atoms with Crippen molar-refractivity contribution in [3.8, 4) is 11.3 Å². The Kier molecular flexibility index (Phi) is 4.94. The van der Waals surface area contributed by atoms with E-state index in [1.807, 2.05) is 36.4 Å². The van der Waals surface area contributed by atoms with Gasteiger partial charge in [0.15, 0.2) is 0 Å². The molecule has 0 saturated heterocycles. The molecule has 0 aliphatic rings. The number of aliphatic hydroxyl groups excluding tert-OH is 1. The summed E-state index contributed by atoms with van der Waals surface area (Å²) in [6.45, 7) is 0.191. The fourth-order valence-corrected chi connectivity index (χ4v) is 3.48. The van der Waals surface area contributed by atoms with Gasteiger partial charge in [-0.1, -0.05) is 59.6 Å². The van der Waals surface area contributed by atoms with Crippen molar-refractivity contribution in [1.82, 2.24) is 19.6 Å². The van der Waals surface area contributed by atoms with Crippen LogP contribution in [0.4, 0.5) is 5.82 Å². The average Bonchev–Trinajstić information content (AvgIpc) is 3.15. The first kappa shape index (κ1) is 17.7. The summed E-state index contributed by atoms with van der Waals surface area (Å²) in [5, 5.41) is 18.8. The van der Waals surface area contributed by atoms with Crippen LogP contribution in [-0.2, 0) is 0 Å². The SMILES string of the molecule is OC(CNc1cc(-c2ccccc2)nc2ncnn12)c1c(Cl)cccc1Cl. The van der Waals surface area contributed by atoms with Gasteiger partial charge in [-0.3, -0.25) is 0 Å². The van der Waals surface area contributed by atoms with Crippen LogP contribution >= 0.6 is 23.2 Å². The van der Waals surface area contributed by atoms with E-state index in [9.17, 15) is 5.11 Å². The molecule has 0 saturated carbocycles. The van der Waals surface area contributed by atoms with Gasteiger partial charge in [-0.15, -0.1) is 0 Å². The van der Waals surface area contributed by atoms with Crippen LogP contribution < -0.4 is 5.32 Å². The Morgan fingerprint density at radius 2 is 1.78 bits per heavy atom. The molecule has 0 fully saturated rings. The Morgan fingerprint density at radius 3 is 2.52 bits per heavy atom. The third-order valence-corrected chi connectivity index (χ3v) is 4.79. The maximum Gasteiger partial charge on any atom is 0.254 e. The molecular weight excluding hydrogens is 385 g/mol. The highest BCUT2D eigenvalue weighted by atomic mass is 35.5. The van der Waals surface area contributed by atoms with Gasteiger partial charge >= 0.3 is 0 Å². The van der Waals surface area contributed by atoms with Crippen LogP contribution in [0.25, 0.3) is 17.0 Å². The molecule has 4 rings (SSSR count). The molecule has 2 aromatic heterocycles. The summed E-state index contributed by atoms with van der Waals surface area (Å²) < 4.78 is 1.58. The molecule has 6 nitrogen and oxygen atoms in total. The Labute approximate surface area is 165 Å². The summed E-state index contributed by atoms with van der Waals surface area (Å²) >= 11 is 12.4. The predicted molar refractivity (Wildman–Crippen MR) is 106 cm³/mol. The van der Waals surface area contributed by atoms with Crippen molar-refractivity contribution >= 4 is 34.8 Å². The van der Waals surface area contributed by atoms with Crippen LogP contribution in [0.3, 0.4) is 0 Å². The van der Waals surface area contributed by atoms with E-state index >= 15 is 0 Å². The lowest BCUT2D eigenvalue weighted by Gasteiger charge is -2.16. The van der Waals surface area contributed by atoms with E-state index in [0.717, 1.165) is 11.3 Å². The monoisotopic (exact) mass is 399 g/mol.